The van der Waals surface area contributed by atoms with E-state index in [4.69, 9.17) is 42.4 Å². The minimum absolute atomic E-state index is 0.00263. The van der Waals surface area contributed by atoms with Crippen LogP contribution in [0.3, 0.4) is 0 Å². The van der Waals surface area contributed by atoms with Crippen molar-refractivity contribution in [3.05, 3.63) is 112 Å². The number of aromatic nitrogens is 4. The highest BCUT2D eigenvalue weighted by molar-refractivity contribution is 8.77. The SMILES string of the molecule is COc1ccc(C(OC[C@H]2O[C@@H](n3c(CCCSSC(C)(C)C)nc4c(=O)[nH]c(NCC(C)C)nc43)[C@H](O[Si](C)(C)C(C)(C)C)[C@@H]2OP(OCCC#N)N(C(C)C)C(C)C)(c2ccccc2)c2ccc(OC)cc2)cc1. The van der Waals surface area contributed by atoms with E-state index >= 15 is 0 Å². The molecule has 1 aliphatic heterocycles. The van der Waals surface area contributed by atoms with Crippen molar-refractivity contribution in [1.82, 2.24) is 24.2 Å². The summed E-state index contributed by atoms with van der Waals surface area (Å²) in [5, 5.41) is 12.9. The number of ether oxygens (including phenoxy) is 4. The van der Waals surface area contributed by atoms with Crippen LogP contribution in [0.4, 0.5) is 5.95 Å². The molecule has 1 fully saturated rings. The maximum Gasteiger partial charge on any atom is 0.280 e. The Balaban J connectivity index is 1.63. The summed E-state index contributed by atoms with van der Waals surface area (Å²) in [4.78, 5) is 27.5. The number of nitrogens with one attached hydrogen (secondary N) is 2. The zero-order valence-electron chi connectivity index (χ0n) is 47.8. The van der Waals surface area contributed by atoms with Gasteiger partial charge in [0.15, 0.2) is 25.7 Å². The average molecular weight is 1120 g/mol. The molecule has 15 nitrogen and oxygen atoms in total. The minimum atomic E-state index is -2.73. The molecule has 2 N–H and O–H groups in total. The van der Waals surface area contributed by atoms with Gasteiger partial charge >= 0.3 is 0 Å². The van der Waals surface area contributed by atoms with Crippen molar-refractivity contribution in [1.29, 1.82) is 5.26 Å². The topological polar surface area (TPSA) is 167 Å². The fraction of sp³-hybridized carbons (Fsp3) is 0.579. The van der Waals surface area contributed by atoms with Crippen molar-refractivity contribution in [2.75, 3.05) is 45.0 Å². The summed E-state index contributed by atoms with van der Waals surface area (Å²) in [6.45, 7) is 31.2. The van der Waals surface area contributed by atoms with E-state index in [9.17, 15) is 10.1 Å². The molecule has 0 radical (unpaired) electrons. The number of aromatic amines is 1. The molecular weight excluding hydrogens is 1030 g/mol. The maximum absolute atomic E-state index is 14.3. The monoisotopic (exact) mass is 1120 g/mol. The molecule has 3 heterocycles. The van der Waals surface area contributed by atoms with Crippen molar-refractivity contribution in [2.45, 2.75) is 167 Å². The van der Waals surface area contributed by atoms with Gasteiger partial charge in [-0.1, -0.05) is 132 Å². The van der Waals surface area contributed by atoms with Crippen LogP contribution < -0.4 is 20.3 Å². The van der Waals surface area contributed by atoms with Gasteiger partial charge in [-0.05, 0) is 99.1 Å². The number of nitriles is 1. The van der Waals surface area contributed by atoms with Crippen molar-refractivity contribution < 1.29 is 32.4 Å². The van der Waals surface area contributed by atoms with Gasteiger partial charge in [0.1, 0.15) is 41.2 Å². The zero-order valence-corrected chi connectivity index (χ0v) is 51.3. The van der Waals surface area contributed by atoms with Gasteiger partial charge in [0, 0.05) is 35.5 Å². The molecule has 2 aromatic heterocycles. The molecule has 1 aliphatic rings. The van der Waals surface area contributed by atoms with Crippen LogP contribution >= 0.6 is 30.1 Å². The summed E-state index contributed by atoms with van der Waals surface area (Å²) < 4.78 is 53.0. The number of rotatable bonds is 27. The highest BCUT2D eigenvalue weighted by atomic mass is 33.1. The van der Waals surface area contributed by atoms with Crippen LogP contribution in [0.2, 0.25) is 18.1 Å². The van der Waals surface area contributed by atoms with Gasteiger partial charge in [-0.25, -0.2) is 9.65 Å². The van der Waals surface area contributed by atoms with E-state index in [0.717, 1.165) is 28.9 Å². The summed E-state index contributed by atoms with van der Waals surface area (Å²) in [6, 6.07) is 28.4. The van der Waals surface area contributed by atoms with E-state index in [1.165, 1.54) is 0 Å². The standard InChI is InChI=1S/C57H84N7O8PS2Si/c1-38(2)36-59-54-61-51-48(52(65)62-54)60-47(24-20-35-74-75-55(7,8)9)63(51)53-50(72-76(15,16)56(10,11)12)49(71-73(69-34-21-33-58)64(39(3)4)40(5)6)46(70-53)37-68-57(41-22-18-17-19-23-41,42-25-29-44(66-13)30-26-42)43-27-31-45(67-14)32-28-43/h17-19,22-23,25-32,38-40,46,49-50,53H,20-21,24,34-37H2,1-16H3,(H2,59,61,62,65)/t46-,49-,50-,53-,73?/m1/s1. The molecule has 1 unspecified atom stereocenters. The Morgan fingerprint density at radius 2 is 1.46 bits per heavy atom. The summed E-state index contributed by atoms with van der Waals surface area (Å²) >= 11 is 0. The number of imidazole rings is 1. The number of benzene rings is 3. The third-order valence-corrected chi connectivity index (χ3v) is 23.6. The van der Waals surface area contributed by atoms with E-state index in [2.05, 4.69) is 129 Å². The lowest BCUT2D eigenvalue weighted by molar-refractivity contribution is -0.0931. The first kappa shape index (κ1) is 61.2. The van der Waals surface area contributed by atoms with E-state index in [1.54, 1.807) is 14.2 Å². The number of methoxy groups -OCH3 is 2. The van der Waals surface area contributed by atoms with Gasteiger partial charge in [-0.3, -0.25) is 14.3 Å². The zero-order chi connectivity index (χ0) is 55.6. The van der Waals surface area contributed by atoms with Crippen LogP contribution in [-0.4, -0.2) is 107 Å². The number of H-pyrrole nitrogens is 1. The van der Waals surface area contributed by atoms with Gasteiger partial charge in [-0.15, -0.1) is 0 Å². The molecule has 3 aromatic carbocycles. The second-order valence-electron chi connectivity index (χ2n) is 22.7. The summed E-state index contributed by atoms with van der Waals surface area (Å²) in [6.07, 6.45) is -1.88. The average Bonchev–Trinajstić information content (AvgIpc) is 3.89. The normalized spacial score (nSPS) is 18.0. The number of aryl methyl sites for hydroxylation is 1. The van der Waals surface area contributed by atoms with Crippen molar-refractivity contribution in [3.63, 3.8) is 0 Å². The largest absolute Gasteiger partial charge is 0.497 e. The molecule has 416 valence electrons. The second kappa shape index (κ2) is 26.8. The number of hydrogen-bond donors (Lipinski definition) is 2. The van der Waals surface area contributed by atoms with Crippen molar-refractivity contribution in [2.24, 2.45) is 5.92 Å². The first-order valence-corrected chi connectivity index (χ1v) is 32.9. The first-order valence-electron chi connectivity index (χ1n) is 26.6. The highest BCUT2D eigenvalue weighted by Gasteiger charge is 2.55. The maximum atomic E-state index is 14.3. The molecule has 5 aromatic rings. The Bertz CT molecular complexity index is 2650. The van der Waals surface area contributed by atoms with Crippen molar-refractivity contribution >= 4 is 55.5 Å². The van der Waals surface area contributed by atoms with E-state index in [0.29, 0.717) is 41.9 Å². The van der Waals surface area contributed by atoms with Crippen LogP contribution in [0.1, 0.15) is 125 Å². The fourth-order valence-corrected chi connectivity index (χ4v) is 14.3. The Morgan fingerprint density at radius 3 is 1.99 bits per heavy atom. The molecule has 1 saturated heterocycles. The van der Waals surface area contributed by atoms with E-state index in [-0.39, 0.29) is 58.5 Å². The van der Waals surface area contributed by atoms with Gasteiger partial charge in [-0.2, -0.15) is 10.2 Å². The summed E-state index contributed by atoms with van der Waals surface area (Å²) in [5.74, 6) is 3.54. The second-order valence-corrected chi connectivity index (χ2v) is 32.1. The summed E-state index contributed by atoms with van der Waals surface area (Å²) in [7, 11) is 2.41. The van der Waals surface area contributed by atoms with Gasteiger partial charge in [0.05, 0.1) is 39.9 Å². The molecule has 19 heteroatoms. The predicted octanol–water partition coefficient (Wildman–Crippen LogP) is 13.3. The van der Waals surface area contributed by atoms with Crippen LogP contribution in [0.5, 0.6) is 11.5 Å². The van der Waals surface area contributed by atoms with Gasteiger partial charge in [0.2, 0.25) is 5.95 Å². The molecule has 0 saturated carbocycles. The van der Waals surface area contributed by atoms with Crippen molar-refractivity contribution in [3.8, 4) is 17.6 Å². The van der Waals surface area contributed by atoms with Crippen LogP contribution in [0.15, 0.2) is 83.7 Å². The number of anilines is 1. The quantitative estimate of drug-likeness (QED) is 0.0167. The third kappa shape index (κ3) is 15.0. The molecule has 0 bridgehead atoms. The van der Waals surface area contributed by atoms with Gasteiger partial charge < -0.3 is 37.7 Å². The lowest BCUT2D eigenvalue weighted by atomic mass is 9.80. The number of nitrogens with zero attached hydrogens (tertiary/aromatic N) is 5. The Labute approximate surface area is 462 Å². The van der Waals surface area contributed by atoms with Crippen LogP contribution in [0, 0.1) is 17.2 Å². The minimum Gasteiger partial charge on any atom is -0.497 e. The molecule has 5 atom stereocenters. The number of fused-ring (bicyclic) bond motifs is 1. The smallest absolute Gasteiger partial charge is 0.280 e. The molecule has 0 spiro atoms. The predicted molar refractivity (Wildman–Crippen MR) is 314 cm³/mol. The molecule has 0 amide bonds. The third-order valence-electron chi connectivity index (χ3n) is 13.5. The van der Waals surface area contributed by atoms with E-state index < -0.39 is 47.0 Å². The van der Waals surface area contributed by atoms with E-state index in [1.807, 2.05) is 92.9 Å². The lowest BCUT2D eigenvalue weighted by Gasteiger charge is -2.42. The first-order chi connectivity index (χ1) is 35.9. The number of hydrogen-bond acceptors (Lipinski definition) is 15. The molecular formula is C57H84N7O8PS2Si. The summed E-state index contributed by atoms with van der Waals surface area (Å²) in [5.41, 5.74) is 1.62. The van der Waals surface area contributed by atoms with Gasteiger partial charge in [0.25, 0.3) is 14.1 Å². The highest BCUT2D eigenvalue weighted by Crippen LogP contribution is 2.53. The Kier molecular flexibility index (Phi) is 21.6. The van der Waals surface area contributed by atoms with Crippen LogP contribution in [0.25, 0.3) is 11.2 Å². The Hall–Kier alpha value is -3.99. The Morgan fingerprint density at radius 1 is 0.868 bits per heavy atom. The molecule has 0 aliphatic carbocycles. The molecule has 76 heavy (non-hydrogen) atoms. The molecule has 6 rings (SSSR count). The lowest BCUT2D eigenvalue weighted by Crippen LogP contribution is -2.50. The van der Waals surface area contributed by atoms with Crippen LogP contribution in [-0.2, 0) is 35.0 Å². The fourth-order valence-electron chi connectivity index (χ4n) is 8.86.